The molecule has 0 saturated carbocycles. The van der Waals surface area contributed by atoms with E-state index < -0.39 is 0 Å². The molecule has 1 aliphatic heterocycles. The molecular weight excluding hydrogens is 428 g/mol. The van der Waals surface area contributed by atoms with Crippen LogP contribution in [0.3, 0.4) is 0 Å². The van der Waals surface area contributed by atoms with Gasteiger partial charge in [0, 0.05) is 53.4 Å². The van der Waals surface area contributed by atoms with E-state index in [9.17, 15) is 4.79 Å². The number of halogens is 4. The largest absolute Gasteiger partial charge is 0.324 e. The molecule has 1 N–H and O–H groups in total. The summed E-state index contributed by atoms with van der Waals surface area (Å²) in [5.41, 5.74) is 1.48. The quantitative estimate of drug-likeness (QED) is 0.697. The Bertz CT molecular complexity index is 802. The first kappa shape index (κ1) is 20.7. The normalized spacial score (nSPS) is 15.7. The van der Waals surface area contributed by atoms with Gasteiger partial charge in [-0.05, 0) is 30.3 Å². The summed E-state index contributed by atoms with van der Waals surface area (Å²) in [4.78, 5) is 16.7. The molecule has 1 heterocycles. The van der Waals surface area contributed by atoms with Gasteiger partial charge < -0.3 is 5.32 Å². The van der Waals surface area contributed by atoms with Crippen molar-refractivity contribution < 1.29 is 4.79 Å². The van der Waals surface area contributed by atoms with Crippen molar-refractivity contribution in [3.63, 3.8) is 0 Å². The second kappa shape index (κ2) is 9.46. The molecule has 0 aromatic heterocycles. The molecule has 1 amide bonds. The number of benzene rings is 2. The lowest BCUT2D eigenvalue weighted by molar-refractivity contribution is -0.117. The Labute approximate surface area is 178 Å². The minimum atomic E-state index is -0.109. The zero-order valence-corrected chi connectivity index (χ0v) is 17.5. The standard InChI is InChI=1S/C19H19Cl4N3O/c20-13-4-5-17(23)18(10-13)24-19(27)12-26-8-6-25(7-9-26)11-14-15(21)2-1-3-16(14)22/h1-5,10H,6-9,11-12H2,(H,24,27). The molecule has 0 unspecified atom stereocenters. The van der Waals surface area contributed by atoms with E-state index in [0.29, 0.717) is 38.9 Å². The molecule has 3 rings (SSSR count). The fraction of sp³-hybridized carbons (Fsp3) is 0.316. The lowest BCUT2D eigenvalue weighted by Crippen LogP contribution is -2.48. The Hall–Kier alpha value is -1.01. The second-order valence-electron chi connectivity index (χ2n) is 6.42. The number of amides is 1. The van der Waals surface area contributed by atoms with Crippen LogP contribution in [0.15, 0.2) is 36.4 Å². The Balaban J connectivity index is 1.49. The molecule has 27 heavy (non-hydrogen) atoms. The van der Waals surface area contributed by atoms with Crippen LogP contribution >= 0.6 is 46.4 Å². The Kier molecular flexibility index (Phi) is 7.26. The van der Waals surface area contributed by atoms with Crippen LogP contribution in [-0.2, 0) is 11.3 Å². The van der Waals surface area contributed by atoms with Gasteiger partial charge in [0.15, 0.2) is 0 Å². The van der Waals surface area contributed by atoms with Crippen molar-refractivity contribution >= 4 is 58.0 Å². The first-order chi connectivity index (χ1) is 12.9. The van der Waals surface area contributed by atoms with E-state index in [-0.39, 0.29) is 5.91 Å². The molecule has 0 radical (unpaired) electrons. The van der Waals surface area contributed by atoms with Gasteiger partial charge in [0.25, 0.3) is 0 Å². The summed E-state index contributed by atoms with van der Waals surface area (Å²) in [6.07, 6.45) is 0. The van der Waals surface area contributed by atoms with Crippen molar-refractivity contribution in [1.29, 1.82) is 0 Å². The molecule has 144 valence electrons. The summed E-state index contributed by atoms with van der Waals surface area (Å²) in [5.74, 6) is -0.109. The number of nitrogens with one attached hydrogen (secondary N) is 1. The molecule has 1 aliphatic rings. The van der Waals surface area contributed by atoms with Gasteiger partial charge in [-0.1, -0.05) is 52.5 Å². The maximum atomic E-state index is 12.3. The molecule has 1 fully saturated rings. The summed E-state index contributed by atoms with van der Waals surface area (Å²) in [6, 6.07) is 10.5. The van der Waals surface area contributed by atoms with E-state index in [1.54, 1.807) is 18.2 Å². The number of carbonyl (C=O) groups is 1. The molecular formula is C19H19Cl4N3O. The summed E-state index contributed by atoms with van der Waals surface area (Å²) >= 11 is 24.5. The number of carbonyl (C=O) groups excluding carboxylic acids is 1. The summed E-state index contributed by atoms with van der Waals surface area (Å²) in [5, 5.41) is 5.18. The molecule has 4 nitrogen and oxygen atoms in total. The van der Waals surface area contributed by atoms with Gasteiger partial charge >= 0.3 is 0 Å². The Morgan fingerprint density at radius 1 is 0.889 bits per heavy atom. The van der Waals surface area contributed by atoms with Gasteiger partial charge in [-0.25, -0.2) is 0 Å². The highest BCUT2D eigenvalue weighted by molar-refractivity contribution is 6.36. The number of piperazine rings is 1. The van der Waals surface area contributed by atoms with Crippen LogP contribution in [0.4, 0.5) is 5.69 Å². The first-order valence-corrected chi connectivity index (χ1v) is 10.1. The van der Waals surface area contributed by atoms with Gasteiger partial charge in [0.1, 0.15) is 0 Å². The third-order valence-corrected chi connectivity index (χ3v) is 5.75. The van der Waals surface area contributed by atoms with Crippen molar-refractivity contribution in [3.05, 3.63) is 62.1 Å². The van der Waals surface area contributed by atoms with Crippen molar-refractivity contribution in [3.8, 4) is 0 Å². The lowest BCUT2D eigenvalue weighted by atomic mass is 10.2. The van der Waals surface area contributed by atoms with Crippen LogP contribution in [-0.4, -0.2) is 48.4 Å². The highest BCUT2D eigenvalue weighted by Crippen LogP contribution is 2.27. The van der Waals surface area contributed by atoms with Crippen LogP contribution in [0.25, 0.3) is 0 Å². The topological polar surface area (TPSA) is 35.6 Å². The number of hydrogen-bond acceptors (Lipinski definition) is 3. The predicted octanol–water partition coefficient (Wildman–Crippen LogP) is 5.06. The smallest absolute Gasteiger partial charge is 0.238 e. The van der Waals surface area contributed by atoms with Crippen molar-refractivity contribution in [2.75, 3.05) is 38.0 Å². The summed E-state index contributed by atoms with van der Waals surface area (Å²) < 4.78 is 0. The molecule has 0 bridgehead atoms. The van der Waals surface area contributed by atoms with E-state index in [2.05, 4.69) is 15.1 Å². The van der Waals surface area contributed by atoms with Gasteiger partial charge in [0.2, 0.25) is 5.91 Å². The van der Waals surface area contributed by atoms with Gasteiger partial charge in [0.05, 0.1) is 17.3 Å². The van der Waals surface area contributed by atoms with Crippen molar-refractivity contribution in [1.82, 2.24) is 9.80 Å². The maximum Gasteiger partial charge on any atom is 0.238 e. The van der Waals surface area contributed by atoms with E-state index in [4.69, 9.17) is 46.4 Å². The lowest BCUT2D eigenvalue weighted by Gasteiger charge is -2.34. The minimum absolute atomic E-state index is 0.109. The van der Waals surface area contributed by atoms with Crippen molar-refractivity contribution in [2.45, 2.75) is 6.54 Å². The average molecular weight is 447 g/mol. The SMILES string of the molecule is O=C(CN1CCN(Cc2c(Cl)cccc2Cl)CC1)Nc1cc(Cl)ccc1Cl. The van der Waals surface area contributed by atoms with Gasteiger partial charge in [-0.15, -0.1) is 0 Å². The number of anilines is 1. The monoisotopic (exact) mass is 445 g/mol. The number of hydrogen-bond donors (Lipinski definition) is 1. The number of rotatable bonds is 5. The molecule has 8 heteroatoms. The van der Waals surface area contributed by atoms with E-state index in [0.717, 1.165) is 31.7 Å². The molecule has 2 aromatic rings. The van der Waals surface area contributed by atoms with Crippen LogP contribution in [0.1, 0.15) is 5.56 Å². The average Bonchev–Trinajstić information content (AvgIpc) is 2.63. The molecule has 0 atom stereocenters. The fourth-order valence-corrected chi connectivity index (χ4v) is 3.85. The van der Waals surface area contributed by atoms with Crippen molar-refractivity contribution in [2.24, 2.45) is 0 Å². The van der Waals surface area contributed by atoms with Gasteiger partial charge in [-0.2, -0.15) is 0 Å². The first-order valence-electron chi connectivity index (χ1n) is 8.55. The summed E-state index contributed by atoms with van der Waals surface area (Å²) in [7, 11) is 0. The zero-order valence-electron chi connectivity index (χ0n) is 14.5. The van der Waals surface area contributed by atoms with E-state index >= 15 is 0 Å². The van der Waals surface area contributed by atoms with Crippen LogP contribution in [0, 0.1) is 0 Å². The van der Waals surface area contributed by atoms with E-state index in [1.165, 1.54) is 0 Å². The second-order valence-corrected chi connectivity index (χ2v) is 8.08. The Morgan fingerprint density at radius 2 is 1.52 bits per heavy atom. The van der Waals surface area contributed by atoms with Crippen LogP contribution in [0.2, 0.25) is 20.1 Å². The highest BCUT2D eigenvalue weighted by Gasteiger charge is 2.20. The zero-order chi connectivity index (χ0) is 19.4. The summed E-state index contributed by atoms with van der Waals surface area (Å²) in [6.45, 7) is 4.28. The van der Waals surface area contributed by atoms with Crippen LogP contribution in [0.5, 0.6) is 0 Å². The number of nitrogens with zero attached hydrogens (tertiary/aromatic N) is 2. The predicted molar refractivity (Wildman–Crippen MR) is 113 cm³/mol. The maximum absolute atomic E-state index is 12.3. The van der Waals surface area contributed by atoms with E-state index in [1.807, 2.05) is 18.2 Å². The fourth-order valence-electron chi connectivity index (χ4n) is 3.00. The van der Waals surface area contributed by atoms with Gasteiger partial charge in [-0.3, -0.25) is 14.6 Å². The third kappa shape index (κ3) is 5.74. The molecule has 0 spiro atoms. The highest BCUT2D eigenvalue weighted by atomic mass is 35.5. The molecule has 0 aliphatic carbocycles. The minimum Gasteiger partial charge on any atom is -0.324 e. The molecule has 2 aromatic carbocycles. The Morgan fingerprint density at radius 3 is 2.19 bits per heavy atom. The molecule has 1 saturated heterocycles. The third-order valence-electron chi connectivity index (χ3n) is 4.48. The van der Waals surface area contributed by atoms with Crippen LogP contribution < -0.4 is 5.32 Å².